The van der Waals surface area contributed by atoms with Gasteiger partial charge in [0.15, 0.2) is 0 Å². The summed E-state index contributed by atoms with van der Waals surface area (Å²) in [4.78, 5) is 23.4. The van der Waals surface area contributed by atoms with Gasteiger partial charge in [-0.15, -0.1) is 11.3 Å². The predicted molar refractivity (Wildman–Crippen MR) is 98.7 cm³/mol. The van der Waals surface area contributed by atoms with E-state index < -0.39 is 0 Å². The van der Waals surface area contributed by atoms with E-state index in [0.717, 1.165) is 21.8 Å². The minimum absolute atomic E-state index is 0.0964. The minimum Gasteiger partial charge on any atom is -0.298 e. The molecule has 0 atom stereocenters. The van der Waals surface area contributed by atoms with Gasteiger partial charge in [-0.05, 0) is 24.6 Å². The van der Waals surface area contributed by atoms with Crippen LogP contribution in [0.1, 0.15) is 10.7 Å². The highest BCUT2D eigenvalue weighted by molar-refractivity contribution is 7.19. The summed E-state index contributed by atoms with van der Waals surface area (Å²) < 4.78 is 16.5. The van der Waals surface area contributed by atoms with Crippen LogP contribution in [0.2, 0.25) is 0 Å². The smallest absolute Gasteiger partial charge is 0.262 e. The first-order valence-corrected chi connectivity index (χ1v) is 8.93. The molecule has 0 N–H and O–H groups in total. The van der Waals surface area contributed by atoms with Gasteiger partial charge < -0.3 is 0 Å². The fourth-order valence-electron chi connectivity index (χ4n) is 3.03. The van der Waals surface area contributed by atoms with Crippen LogP contribution in [-0.2, 0) is 20.0 Å². The van der Waals surface area contributed by atoms with Crippen molar-refractivity contribution in [1.29, 1.82) is 0 Å². The second-order valence-corrected chi connectivity index (χ2v) is 7.22. The molecule has 0 amide bonds. The largest absolute Gasteiger partial charge is 0.298 e. The third kappa shape index (κ3) is 2.82. The summed E-state index contributed by atoms with van der Waals surface area (Å²) in [5.74, 6) is 0.502. The Kier molecular flexibility index (Phi) is 4.12. The monoisotopic (exact) mass is 369 g/mol. The lowest BCUT2D eigenvalue weighted by Gasteiger charge is -2.06. The van der Waals surface area contributed by atoms with Crippen LogP contribution in [0.3, 0.4) is 0 Å². The fourth-order valence-corrected chi connectivity index (χ4v) is 4.03. The van der Waals surface area contributed by atoms with Crippen LogP contribution in [0, 0.1) is 12.7 Å². The number of benzene rings is 1. The highest BCUT2D eigenvalue weighted by Gasteiger charge is 2.17. The predicted octanol–water partition coefficient (Wildman–Crippen LogP) is 2.94. The summed E-state index contributed by atoms with van der Waals surface area (Å²) in [6.45, 7) is 2.42. The summed E-state index contributed by atoms with van der Waals surface area (Å²) in [7, 11) is 1.82. The Bertz CT molecular complexity index is 1140. The molecule has 0 fully saturated rings. The lowest BCUT2D eigenvalue weighted by molar-refractivity contribution is 0.609. The number of halogens is 1. The van der Waals surface area contributed by atoms with Crippen molar-refractivity contribution >= 4 is 21.6 Å². The van der Waals surface area contributed by atoms with Gasteiger partial charge in [-0.3, -0.25) is 14.0 Å². The van der Waals surface area contributed by atoms with Gasteiger partial charge in [-0.1, -0.05) is 12.1 Å². The SMILES string of the molecule is Cc1sc2ncn(CCc3ncnn3C)c(=O)c2c1-c1ccc(F)cc1. The zero-order chi connectivity index (χ0) is 18.3. The van der Waals surface area contributed by atoms with Crippen molar-refractivity contribution in [3.05, 3.63) is 63.8 Å². The molecular weight excluding hydrogens is 353 g/mol. The van der Waals surface area contributed by atoms with E-state index in [-0.39, 0.29) is 11.4 Å². The Balaban J connectivity index is 1.79. The van der Waals surface area contributed by atoms with E-state index in [1.807, 2.05) is 14.0 Å². The molecule has 26 heavy (non-hydrogen) atoms. The van der Waals surface area contributed by atoms with Gasteiger partial charge in [0, 0.05) is 30.5 Å². The normalized spacial score (nSPS) is 11.3. The number of thiophene rings is 1. The molecular formula is C18H16FN5OS. The van der Waals surface area contributed by atoms with Crippen LogP contribution >= 0.6 is 11.3 Å². The fraction of sp³-hybridized carbons (Fsp3) is 0.222. The Labute approximate surface area is 152 Å². The first-order valence-electron chi connectivity index (χ1n) is 8.12. The average molecular weight is 369 g/mol. The lowest BCUT2D eigenvalue weighted by Crippen LogP contribution is -2.22. The molecule has 8 heteroatoms. The number of aromatic nitrogens is 5. The Morgan fingerprint density at radius 1 is 1.19 bits per heavy atom. The molecule has 0 saturated carbocycles. The molecule has 3 heterocycles. The number of fused-ring (bicyclic) bond motifs is 1. The van der Waals surface area contributed by atoms with Gasteiger partial charge in [0.05, 0.1) is 11.7 Å². The number of hydrogen-bond acceptors (Lipinski definition) is 5. The molecule has 0 aliphatic rings. The second-order valence-electron chi connectivity index (χ2n) is 6.01. The van der Waals surface area contributed by atoms with Crippen molar-refractivity contribution in [3.63, 3.8) is 0 Å². The molecule has 0 aliphatic carbocycles. The zero-order valence-electron chi connectivity index (χ0n) is 14.3. The Morgan fingerprint density at radius 2 is 1.96 bits per heavy atom. The van der Waals surface area contributed by atoms with E-state index in [1.165, 1.54) is 29.8 Å². The minimum atomic E-state index is -0.301. The van der Waals surface area contributed by atoms with Gasteiger partial charge in [0.1, 0.15) is 22.8 Å². The van der Waals surface area contributed by atoms with E-state index >= 15 is 0 Å². The summed E-state index contributed by atoms with van der Waals surface area (Å²) in [5.41, 5.74) is 1.55. The van der Waals surface area contributed by atoms with Gasteiger partial charge in [-0.25, -0.2) is 14.4 Å². The molecule has 132 valence electrons. The maximum Gasteiger partial charge on any atom is 0.262 e. The molecule has 0 bridgehead atoms. The average Bonchev–Trinajstić information content (AvgIpc) is 3.18. The lowest BCUT2D eigenvalue weighted by atomic mass is 10.0. The van der Waals surface area contributed by atoms with Gasteiger partial charge in [0.2, 0.25) is 0 Å². The van der Waals surface area contributed by atoms with E-state index in [1.54, 1.807) is 27.7 Å². The van der Waals surface area contributed by atoms with Crippen molar-refractivity contribution in [2.45, 2.75) is 19.9 Å². The quantitative estimate of drug-likeness (QED) is 0.555. The zero-order valence-corrected chi connectivity index (χ0v) is 15.1. The molecule has 0 saturated heterocycles. The number of nitrogens with zero attached hydrogens (tertiary/aromatic N) is 5. The van der Waals surface area contributed by atoms with Crippen LogP contribution in [0.25, 0.3) is 21.3 Å². The molecule has 0 unspecified atom stereocenters. The van der Waals surface area contributed by atoms with E-state index in [9.17, 15) is 9.18 Å². The molecule has 1 aromatic carbocycles. The highest BCUT2D eigenvalue weighted by Crippen LogP contribution is 2.35. The third-order valence-electron chi connectivity index (χ3n) is 4.37. The summed E-state index contributed by atoms with van der Waals surface area (Å²) in [6, 6.07) is 6.20. The molecule has 0 spiro atoms. The standard InChI is InChI=1S/C18H16FN5OS/c1-11-15(12-3-5-13(19)6-4-12)16-17(26-11)21-10-24(18(16)25)8-7-14-20-9-22-23(14)2/h3-6,9-10H,7-8H2,1-2H3. The summed E-state index contributed by atoms with van der Waals surface area (Å²) >= 11 is 1.47. The topological polar surface area (TPSA) is 65.6 Å². The van der Waals surface area contributed by atoms with Crippen LogP contribution in [0.4, 0.5) is 4.39 Å². The number of aryl methyl sites for hydroxylation is 4. The molecule has 4 aromatic rings. The first-order chi connectivity index (χ1) is 12.5. The van der Waals surface area contributed by atoms with Crippen molar-refractivity contribution < 1.29 is 4.39 Å². The highest BCUT2D eigenvalue weighted by atomic mass is 32.1. The Hall–Kier alpha value is -2.87. The molecule has 4 rings (SSSR count). The van der Waals surface area contributed by atoms with Crippen molar-refractivity contribution in [2.75, 3.05) is 0 Å². The van der Waals surface area contributed by atoms with Gasteiger partial charge in [-0.2, -0.15) is 5.10 Å². The molecule has 0 aliphatic heterocycles. The molecule has 0 radical (unpaired) electrons. The van der Waals surface area contributed by atoms with Crippen LogP contribution < -0.4 is 5.56 Å². The molecule has 3 aromatic heterocycles. The van der Waals surface area contributed by atoms with Crippen molar-refractivity contribution in [3.8, 4) is 11.1 Å². The van der Waals surface area contributed by atoms with Crippen LogP contribution in [0.5, 0.6) is 0 Å². The van der Waals surface area contributed by atoms with E-state index in [0.29, 0.717) is 23.2 Å². The third-order valence-corrected chi connectivity index (χ3v) is 5.38. The van der Waals surface area contributed by atoms with Crippen LogP contribution in [-0.4, -0.2) is 24.3 Å². The maximum absolute atomic E-state index is 13.3. The first kappa shape index (κ1) is 16.6. The van der Waals surface area contributed by atoms with E-state index in [2.05, 4.69) is 15.1 Å². The van der Waals surface area contributed by atoms with Gasteiger partial charge in [0.25, 0.3) is 5.56 Å². The van der Waals surface area contributed by atoms with E-state index in [4.69, 9.17) is 0 Å². The van der Waals surface area contributed by atoms with Gasteiger partial charge >= 0.3 is 0 Å². The second kappa shape index (κ2) is 6.45. The van der Waals surface area contributed by atoms with Crippen molar-refractivity contribution in [2.24, 2.45) is 7.05 Å². The summed E-state index contributed by atoms with van der Waals surface area (Å²) in [5, 5.41) is 4.62. The number of rotatable bonds is 4. The van der Waals surface area contributed by atoms with Crippen LogP contribution in [0.15, 0.2) is 41.7 Å². The molecule has 6 nitrogen and oxygen atoms in total. The Morgan fingerprint density at radius 3 is 2.65 bits per heavy atom. The maximum atomic E-state index is 13.3. The summed E-state index contributed by atoms with van der Waals surface area (Å²) in [6.07, 6.45) is 3.65. The number of hydrogen-bond donors (Lipinski definition) is 0. The van der Waals surface area contributed by atoms with Crippen molar-refractivity contribution in [1.82, 2.24) is 24.3 Å².